The van der Waals surface area contributed by atoms with E-state index in [9.17, 15) is 14.0 Å². The fourth-order valence-corrected chi connectivity index (χ4v) is 2.44. The lowest BCUT2D eigenvalue weighted by molar-refractivity contribution is -0.131. The fraction of sp³-hybridized carbons (Fsp3) is 0.500. The summed E-state index contributed by atoms with van der Waals surface area (Å²) in [7, 11) is 3.26. The van der Waals surface area contributed by atoms with Crippen molar-refractivity contribution in [3.05, 3.63) is 34.6 Å². The van der Waals surface area contributed by atoms with Gasteiger partial charge in [0, 0.05) is 37.3 Å². The molecule has 23 heavy (non-hydrogen) atoms. The van der Waals surface area contributed by atoms with Crippen LogP contribution in [0.3, 0.4) is 0 Å². The van der Waals surface area contributed by atoms with Crippen molar-refractivity contribution in [1.29, 1.82) is 0 Å². The fourth-order valence-electron chi connectivity index (χ4n) is 2.21. The topological polar surface area (TPSA) is 52.7 Å². The van der Waals surface area contributed by atoms with Gasteiger partial charge in [-0.2, -0.15) is 0 Å². The minimum atomic E-state index is -0.369. The molecule has 0 radical (unpaired) electrons. The Morgan fingerprint density at radius 1 is 1.35 bits per heavy atom. The third-order valence-corrected chi connectivity index (χ3v) is 4.12. The van der Waals surface area contributed by atoms with Gasteiger partial charge in [-0.1, -0.05) is 17.7 Å². The molecular weight excluding hydrogens is 321 g/mol. The van der Waals surface area contributed by atoms with Crippen LogP contribution in [-0.2, 0) is 16.1 Å². The van der Waals surface area contributed by atoms with Crippen LogP contribution in [0.1, 0.15) is 18.4 Å². The average Bonchev–Trinajstić information content (AvgIpc) is 3.32. The number of likely N-dealkylation sites (N-methyl/N-ethyl adjacent to an activating group) is 1. The first-order valence-electron chi connectivity index (χ1n) is 7.52. The van der Waals surface area contributed by atoms with E-state index in [1.165, 1.54) is 11.0 Å². The Morgan fingerprint density at radius 2 is 2.04 bits per heavy atom. The quantitative estimate of drug-likeness (QED) is 0.820. The second-order valence-electron chi connectivity index (χ2n) is 5.90. The van der Waals surface area contributed by atoms with Crippen molar-refractivity contribution in [1.82, 2.24) is 15.1 Å². The number of carbonyl (C=O) groups is 2. The van der Waals surface area contributed by atoms with Crippen molar-refractivity contribution in [3.8, 4) is 0 Å². The van der Waals surface area contributed by atoms with Crippen molar-refractivity contribution in [2.75, 3.05) is 27.2 Å². The predicted octanol–water partition coefficient (Wildman–Crippen LogP) is 1.65. The zero-order chi connectivity index (χ0) is 17.0. The minimum absolute atomic E-state index is 0.0369. The Balaban J connectivity index is 1.94. The standard InChI is InChI=1S/C16H21ClFN3O2/c1-20(2)16(23)8-19-15(22)10-21(11-6-7-11)9-12-13(17)4-3-5-14(12)18/h3-5,11H,6-10H2,1-2H3,(H,19,22). The molecule has 0 bridgehead atoms. The molecule has 2 rings (SSSR count). The molecule has 0 atom stereocenters. The molecule has 0 heterocycles. The SMILES string of the molecule is CN(C)C(=O)CNC(=O)CN(Cc1c(F)cccc1Cl)C1CC1. The lowest BCUT2D eigenvalue weighted by Crippen LogP contribution is -2.42. The van der Waals surface area contributed by atoms with Crippen molar-refractivity contribution < 1.29 is 14.0 Å². The lowest BCUT2D eigenvalue weighted by atomic mass is 10.2. The van der Waals surface area contributed by atoms with E-state index >= 15 is 0 Å². The van der Waals surface area contributed by atoms with E-state index in [-0.39, 0.29) is 43.3 Å². The van der Waals surface area contributed by atoms with Gasteiger partial charge in [-0.25, -0.2) is 4.39 Å². The third kappa shape index (κ3) is 5.18. The summed E-state index contributed by atoms with van der Waals surface area (Å²) < 4.78 is 13.9. The molecule has 1 aliphatic rings. The van der Waals surface area contributed by atoms with Gasteiger partial charge < -0.3 is 10.2 Å². The smallest absolute Gasteiger partial charge is 0.241 e. The number of carbonyl (C=O) groups excluding carboxylic acids is 2. The Hall–Kier alpha value is -1.66. The molecule has 5 nitrogen and oxygen atoms in total. The summed E-state index contributed by atoms with van der Waals surface area (Å²) in [5, 5.41) is 2.95. The third-order valence-electron chi connectivity index (χ3n) is 3.77. The Morgan fingerprint density at radius 3 is 2.61 bits per heavy atom. The van der Waals surface area contributed by atoms with Crippen LogP contribution in [0.5, 0.6) is 0 Å². The first-order chi connectivity index (χ1) is 10.9. The molecule has 1 fully saturated rings. The zero-order valence-corrected chi connectivity index (χ0v) is 14.1. The summed E-state index contributed by atoms with van der Waals surface area (Å²) in [5.74, 6) is -0.792. The molecule has 1 aromatic rings. The van der Waals surface area contributed by atoms with Crippen molar-refractivity contribution in [2.45, 2.75) is 25.4 Å². The van der Waals surface area contributed by atoms with Gasteiger partial charge in [-0.3, -0.25) is 14.5 Å². The van der Waals surface area contributed by atoms with Gasteiger partial charge in [-0.15, -0.1) is 0 Å². The summed E-state index contributed by atoms with van der Waals surface area (Å²) >= 11 is 6.06. The number of hydrogen-bond acceptors (Lipinski definition) is 3. The molecule has 0 aromatic heterocycles. The van der Waals surface area contributed by atoms with Crippen molar-refractivity contribution in [2.24, 2.45) is 0 Å². The monoisotopic (exact) mass is 341 g/mol. The molecule has 0 unspecified atom stereocenters. The molecule has 1 aromatic carbocycles. The maximum absolute atomic E-state index is 13.9. The molecule has 0 aliphatic heterocycles. The number of rotatable bonds is 7. The number of benzene rings is 1. The summed E-state index contributed by atoms with van der Waals surface area (Å²) in [4.78, 5) is 26.8. The first kappa shape index (κ1) is 17.7. The number of nitrogens with one attached hydrogen (secondary N) is 1. The molecule has 1 N–H and O–H groups in total. The summed E-state index contributed by atoms with van der Waals surface area (Å²) in [6.45, 7) is 0.367. The average molecular weight is 342 g/mol. The van der Waals surface area contributed by atoms with Gasteiger partial charge in [0.25, 0.3) is 0 Å². The Bertz CT molecular complexity index is 570. The molecular formula is C16H21ClFN3O2. The minimum Gasteiger partial charge on any atom is -0.347 e. The largest absolute Gasteiger partial charge is 0.347 e. The van der Waals surface area contributed by atoms with E-state index in [0.29, 0.717) is 10.6 Å². The van der Waals surface area contributed by atoms with Crippen molar-refractivity contribution >= 4 is 23.4 Å². The molecule has 0 spiro atoms. The number of halogens is 2. The van der Waals surface area contributed by atoms with Gasteiger partial charge in [0.15, 0.2) is 0 Å². The zero-order valence-electron chi connectivity index (χ0n) is 13.3. The van der Waals surface area contributed by atoms with E-state index in [4.69, 9.17) is 11.6 Å². The van der Waals surface area contributed by atoms with Gasteiger partial charge in [0.1, 0.15) is 5.82 Å². The number of hydrogen-bond donors (Lipinski definition) is 1. The highest BCUT2D eigenvalue weighted by Crippen LogP contribution is 2.30. The summed E-state index contributed by atoms with van der Waals surface area (Å²) in [6, 6.07) is 4.83. The number of nitrogens with zero attached hydrogens (tertiary/aromatic N) is 2. The van der Waals surface area contributed by atoms with Crippen LogP contribution in [0.15, 0.2) is 18.2 Å². The lowest BCUT2D eigenvalue weighted by Gasteiger charge is -2.22. The van der Waals surface area contributed by atoms with E-state index in [2.05, 4.69) is 5.32 Å². The maximum atomic E-state index is 13.9. The molecule has 126 valence electrons. The van der Waals surface area contributed by atoms with Gasteiger partial charge in [0.05, 0.1) is 13.1 Å². The molecule has 1 saturated carbocycles. The van der Waals surface area contributed by atoms with Crippen LogP contribution in [0, 0.1) is 5.82 Å². The van der Waals surface area contributed by atoms with Crippen molar-refractivity contribution in [3.63, 3.8) is 0 Å². The van der Waals surface area contributed by atoms with Crippen LogP contribution in [0.25, 0.3) is 0 Å². The summed E-state index contributed by atoms with van der Waals surface area (Å²) in [6.07, 6.45) is 1.96. The molecule has 1 aliphatic carbocycles. The van der Waals surface area contributed by atoms with E-state index < -0.39 is 0 Å². The summed E-state index contributed by atoms with van der Waals surface area (Å²) in [5.41, 5.74) is 0.401. The van der Waals surface area contributed by atoms with E-state index in [0.717, 1.165) is 12.8 Å². The van der Waals surface area contributed by atoms with Crippen LogP contribution in [0.4, 0.5) is 4.39 Å². The van der Waals surface area contributed by atoms with Crippen LogP contribution >= 0.6 is 11.6 Å². The van der Waals surface area contributed by atoms with Gasteiger partial charge >= 0.3 is 0 Å². The molecule has 0 saturated heterocycles. The number of amides is 2. The highest BCUT2D eigenvalue weighted by Gasteiger charge is 2.31. The van der Waals surface area contributed by atoms with Crippen LogP contribution in [0.2, 0.25) is 5.02 Å². The maximum Gasteiger partial charge on any atom is 0.241 e. The van der Waals surface area contributed by atoms with E-state index in [1.807, 2.05) is 4.90 Å². The predicted molar refractivity (Wildman–Crippen MR) is 86.5 cm³/mol. The normalized spacial score (nSPS) is 14.0. The van der Waals surface area contributed by atoms with Crippen LogP contribution < -0.4 is 5.32 Å². The van der Waals surface area contributed by atoms with E-state index in [1.54, 1.807) is 26.2 Å². The van der Waals surface area contributed by atoms with Gasteiger partial charge in [-0.05, 0) is 25.0 Å². The highest BCUT2D eigenvalue weighted by molar-refractivity contribution is 6.31. The first-order valence-corrected chi connectivity index (χ1v) is 7.90. The second kappa shape index (κ2) is 7.75. The Kier molecular flexibility index (Phi) is 5.96. The molecule has 7 heteroatoms. The van der Waals surface area contributed by atoms with Gasteiger partial charge in [0.2, 0.25) is 11.8 Å². The highest BCUT2D eigenvalue weighted by atomic mass is 35.5. The molecule has 2 amide bonds. The Labute approximate surface area is 140 Å². The second-order valence-corrected chi connectivity index (χ2v) is 6.31. The van der Waals surface area contributed by atoms with Crippen LogP contribution in [-0.4, -0.2) is 54.8 Å².